The first-order valence-electron chi connectivity index (χ1n) is 7.92. The molecular formula is C17H23Cl2NO2. The second-order valence-corrected chi connectivity index (χ2v) is 6.80. The molecule has 0 radical (unpaired) electrons. The van der Waals surface area contributed by atoms with Crippen LogP contribution in [0.4, 0.5) is 0 Å². The number of aryl methyl sites for hydroxylation is 1. The van der Waals surface area contributed by atoms with Crippen molar-refractivity contribution in [2.24, 2.45) is 5.92 Å². The summed E-state index contributed by atoms with van der Waals surface area (Å²) in [5.74, 6) is 0.473. The minimum Gasteiger partial charge on any atom is -0.396 e. The molecule has 1 saturated heterocycles. The van der Waals surface area contributed by atoms with Crippen LogP contribution < -0.4 is 0 Å². The molecule has 2 rings (SSSR count). The summed E-state index contributed by atoms with van der Waals surface area (Å²) < 4.78 is 0. The van der Waals surface area contributed by atoms with Gasteiger partial charge in [0.25, 0.3) is 0 Å². The van der Waals surface area contributed by atoms with E-state index in [-0.39, 0.29) is 18.4 Å². The number of carbonyl (C=O) groups excluding carboxylic acids is 1. The molecule has 0 spiro atoms. The largest absolute Gasteiger partial charge is 0.396 e. The maximum absolute atomic E-state index is 12.2. The summed E-state index contributed by atoms with van der Waals surface area (Å²) in [6, 6.07) is 5.68. The van der Waals surface area contributed by atoms with Crippen molar-refractivity contribution >= 4 is 29.1 Å². The third kappa shape index (κ3) is 5.15. The number of halogens is 2. The zero-order chi connectivity index (χ0) is 15.9. The van der Waals surface area contributed by atoms with Gasteiger partial charge < -0.3 is 10.0 Å². The van der Waals surface area contributed by atoms with Gasteiger partial charge in [0.1, 0.15) is 0 Å². The first-order chi connectivity index (χ1) is 10.6. The first kappa shape index (κ1) is 17.6. The molecular weight excluding hydrogens is 321 g/mol. The fourth-order valence-electron chi connectivity index (χ4n) is 2.90. The Balaban J connectivity index is 1.69. The van der Waals surface area contributed by atoms with Gasteiger partial charge in [-0.15, -0.1) is 0 Å². The van der Waals surface area contributed by atoms with E-state index in [2.05, 4.69) is 0 Å². The summed E-state index contributed by atoms with van der Waals surface area (Å²) in [5.41, 5.74) is 1.15. The van der Waals surface area contributed by atoms with Crippen LogP contribution in [0.3, 0.4) is 0 Å². The number of nitrogens with zero attached hydrogens (tertiary/aromatic N) is 1. The van der Waals surface area contributed by atoms with Crippen molar-refractivity contribution in [3.63, 3.8) is 0 Å². The smallest absolute Gasteiger partial charge is 0.222 e. The monoisotopic (exact) mass is 343 g/mol. The molecule has 1 atom stereocenters. The number of rotatable bonds is 6. The van der Waals surface area contributed by atoms with Crippen molar-refractivity contribution in [3.8, 4) is 0 Å². The number of carbonyl (C=O) groups is 1. The zero-order valence-corrected chi connectivity index (χ0v) is 14.2. The Kier molecular flexibility index (Phi) is 7.00. The minimum atomic E-state index is 0.182. The molecule has 0 bridgehead atoms. The fourth-order valence-corrected chi connectivity index (χ4v) is 3.22. The highest BCUT2D eigenvalue weighted by Gasteiger charge is 2.22. The highest BCUT2D eigenvalue weighted by molar-refractivity contribution is 6.42. The van der Waals surface area contributed by atoms with Crippen LogP contribution in [-0.4, -0.2) is 35.6 Å². The summed E-state index contributed by atoms with van der Waals surface area (Å²) in [6.45, 7) is 1.73. The number of hydrogen-bond donors (Lipinski definition) is 1. The van der Waals surface area contributed by atoms with Crippen LogP contribution in [-0.2, 0) is 11.2 Å². The van der Waals surface area contributed by atoms with Crippen LogP contribution in [0.1, 0.15) is 37.7 Å². The van der Waals surface area contributed by atoms with Crippen molar-refractivity contribution in [2.45, 2.75) is 38.5 Å². The number of aliphatic hydroxyl groups is 1. The van der Waals surface area contributed by atoms with Gasteiger partial charge in [-0.05, 0) is 55.7 Å². The number of hydrogen-bond acceptors (Lipinski definition) is 2. The summed E-state index contributed by atoms with van der Waals surface area (Å²) in [5, 5.41) is 10.4. The van der Waals surface area contributed by atoms with Crippen molar-refractivity contribution in [1.82, 2.24) is 4.90 Å². The molecule has 5 heteroatoms. The predicted octanol–water partition coefficient (Wildman–Crippen LogP) is 3.94. The molecule has 1 amide bonds. The van der Waals surface area contributed by atoms with Gasteiger partial charge in [-0.3, -0.25) is 4.79 Å². The Morgan fingerprint density at radius 2 is 2.09 bits per heavy atom. The summed E-state index contributed by atoms with van der Waals surface area (Å²) in [4.78, 5) is 14.1. The average molecular weight is 344 g/mol. The molecule has 1 heterocycles. The first-order valence-corrected chi connectivity index (χ1v) is 8.68. The number of unbranched alkanes of at least 4 members (excludes halogenated alkanes) is 1. The molecule has 0 saturated carbocycles. The normalized spacial score (nSPS) is 18.5. The van der Waals surface area contributed by atoms with Crippen molar-refractivity contribution < 1.29 is 9.90 Å². The van der Waals surface area contributed by atoms with E-state index in [9.17, 15) is 9.90 Å². The summed E-state index contributed by atoms with van der Waals surface area (Å²) in [7, 11) is 0. The fraction of sp³-hybridized carbons (Fsp3) is 0.588. The Hall–Kier alpha value is -0.770. The number of likely N-dealkylation sites (tertiary alicyclic amines) is 1. The molecule has 0 aliphatic carbocycles. The Bertz CT molecular complexity index is 507. The molecule has 1 fully saturated rings. The van der Waals surface area contributed by atoms with Crippen LogP contribution in [0, 0.1) is 5.92 Å². The molecule has 1 aliphatic rings. The molecule has 1 aliphatic heterocycles. The lowest BCUT2D eigenvalue weighted by Gasteiger charge is -2.32. The zero-order valence-electron chi connectivity index (χ0n) is 12.7. The van der Waals surface area contributed by atoms with Gasteiger partial charge in [-0.25, -0.2) is 0 Å². The van der Waals surface area contributed by atoms with Gasteiger partial charge in [-0.1, -0.05) is 29.3 Å². The molecule has 0 aromatic heterocycles. The van der Waals surface area contributed by atoms with Crippen LogP contribution in [0.5, 0.6) is 0 Å². The quantitative estimate of drug-likeness (QED) is 0.794. The Morgan fingerprint density at radius 1 is 1.27 bits per heavy atom. The van der Waals surface area contributed by atoms with Gasteiger partial charge in [-0.2, -0.15) is 0 Å². The molecule has 1 N–H and O–H groups in total. The lowest BCUT2D eigenvalue weighted by Crippen LogP contribution is -2.40. The highest BCUT2D eigenvalue weighted by atomic mass is 35.5. The third-order valence-corrected chi connectivity index (χ3v) is 4.96. The second kappa shape index (κ2) is 8.76. The molecule has 22 heavy (non-hydrogen) atoms. The van der Waals surface area contributed by atoms with Gasteiger partial charge in [0.15, 0.2) is 0 Å². The average Bonchev–Trinajstić information content (AvgIpc) is 2.54. The number of amides is 1. The van der Waals surface area contributed by atoms with Crippen LogP contribution in [0.15, 0.2) is 18.2 Å². The standard InChI is InChI=1S/C17H23Cl2NO2/c18-15-8-7-13(10-16(15)19)4-1-2-6-17(22)20-9-3-5-14(11-20)12-21/h7-8,10,14,21H,1-6,9,11-12H2. The topological polar surface area (TPSA) is 40.5 Å². The van der Waals surface area contributed by atoms with Crippen LogP contribution >= 0.6 is 23.2 Å². The SMILES string of the molecule is O=C(CCCCc1ccc(Cl)c(Cl)c1)N1CCCC(CO)C1. The van der Waals surface area contributed by atoms with E-state index in [0.717, 1.165) is 44.2 Å². The third-order valence-electron chi connectivity index (χ3n) is 4.22. The van der Waals surface area contributed by atoms with Crippen LogP contribution in [0.2, 0.25) is 10.0 Å². The van der Waals surface area contributed by atoms with Crippen molar-refractivity contribution in [3.05, 3.63) is 33.8 Å². The lowest BCUT2D eigenvalue weighted by molar-refractivity contribution is -0.133. The van der Waals surface area contributed by atoms with E-state index >= 15 is 0 Å². The van der Waals surface area contributed by atoms with Gasteiger partial charge in [0.05, 0.1) is 10.0 Å². The molecule has 122 valence electrons. The van der Waals surface area contributed by atoms with Gasteiger partial charge >= 0.3 is 0 Å². The van der Waals surface area contributed by atoms with E-state index in [1.54, 1.807) is 0 Å². The molecule has 1 aromatic rings. The van der Waals surface area contributed by atoms with Crippen molar-refractivity contribution in [2.75, 3.05) is 19.7 Å². The summed E-state index contributed by atoms with van der Waals surface area (Å²) >= 11 is 11.9. The Morgan fingerprint density at radius 3 is 2.82 bits per heavy atom. The maximum Gasteiger partial charge on any atom is 0.222 e. The summed E-state index contributed by atoms with van der Waals surface area (Å²) in [6.07, 6.45) is 5.35. The van der Waals surface area contributed by atoms with E-state index in [4.69, 9.17) is 23.2 Å². The highest BCUT2D eigenvalue weighted by Crippen LogP contribution is 2.23. The van der Waals surface area contributed by atoms with Gasteiger partial charge in [0.2, 0.25) is 5.91 Å². The lowest BCUT2D eigenvalue weighted by atomic mass is 9.98. The molecule has 1 aromatic carbocycles. The van der Waals surface area contributed by atoms with E-state index in [1.165, 1.54) is 0 Å². The van der Waals surface area contributed by atoms with E-state index in [0.29, 0.717) is 23.0 Å². The number of aliphatic hydroxyl groups excluding tert-OH is 1. The van der Waals surface area contributed by atoms with E-state index in [1.807, 2.05) is 23.1 Å². The van der Waals surface area contributed by atoms with Crippen LogP contribution in [0.25, 0.3) is 0 Å². The molecule has 1 unspecified atom stereocenters. The Labute approximate surface area is 142 Å². The second-order valence-electron chi connectivity index (χ2n) is 5.99. The number of piperidine rings is 1. The predicted molar refractivity (Wildman–Crippen MR) is 90.4 cm³/mol. The van der Waals surface area contributed by atoms with Gasteiger partial charge in [0, 0.05) is 26.1 Å². The number of benzene rings is 1. The van der Waals surface area contributed by atoms with Crippen molar-refractivity contribution in [1.29, 1.82) is 0 Å². The molecule has 3 nitrogen and oxygen atoms in total. The minimum absolute atomic E-state index is 0.182. The van der Waals surface area contributed by atoms with E-state index < -0.39 is 0 Å². The maximum atomic E-state index is 12.2.